The minimum Gasteiger partial charge on any atom is -0.467 e. The van der Waals surface area contributed by atoms with Gasteiger partial charge in [0.15, 0.2) is 0 Å². The molecule has 0 unspecified atom stereocenters. The van der Waals surface area contributed by atoms with Crippen molar-refractivity contribution in [2.75, 3.05) is 4.31 Å². The smallest absolute Gasteiger partial charge is 0.264 e. The zero-order valence-corrected chi connectivity index (χ0v) is 16.1. The van der Waals surface area contributed by atoms with Gasteiger partial charge in [0.2, 0.25) is 10.0 Å². The summed E-state index contributed by atoms with van der Waals surface area (Å²) in [5.41, 5.74) is 1.46. The molecule has 2 aromatic carbocycles. The summed E-state index contributed by atoms with van der Waals surface area (Å²) in [6.45, 7) is 1.90. The van der Waals surface area contributed by atoms with Crippen molar-refractivity contribution in [2.24, 2.45) is 5.14 Å². The molecule has 2 N–H and O–H groups in total. The number of hydrogen-bond acceptors (Lipinski definition) is 5. The van der Waals surface area contributed by atoms with E-state index in [-0.39, 0.29) is 16.3 Å². The highest BCUT2D eigenvalue weighted by Gasteiger charge is 2.26. The molecule has 0 aliphatic heterocycles. The van der Waals surface area contributed by atoms with Crippen molar-refractivity contribution in [1.29, 1.82) is 0 Å². The van der Waals surface area contributed by atoms with Crippen molar-refractivity contribution in [3.63, 3.8) is 0 Å². The molecule has 0 aliphatic rings. The van der Waals surface area contributed by atoms with Crippen molar-refractivity contribution >= 4 is 25.7 Å². The number of hydrogen-bond donors (Lipinski definition) is 1. The molecule has 0 bridgehead atoms. The number of furan rings is 1. The summed E-state index contributed by atoms with van der Waals surface area (Å²) in [4.78, 5) is -0.212. The SMILES string of the molecule is Cc1ccc(N(Cc2ccco2)S(=O)(=O)c2ccc(S(N)(=O)=O)cc2)cc1. The Labute approximate surface area is 158 Å². The van der Waals surface area contributed by atoms with Gasteiger partial charge in [0.25, 0.3) is 10.0 Å². The lowest BCUT2D eigenvalue weighted by molar-refractivity contribution is 0.508. The van der Waals surface area contributed by atoms with E-state index in [1.807, 2.05) is 19.1 Å². The lowest BCUT2D eigenvalue weighted by Crippen LogP contribution is -2.30. The molecule has 1 aromatic heterocycles. The van der Waals surface area contributed by atoms with Crippen molar-refractivity contribution in [2.45, 2.75) is 23.3 Å². The number of primary sulfonamides is 1. The number of anilines is 1. The molecule has 0 amide bonds. The van der Waals surface area contributed by atoms with Gasteiger partial charge in [-0.3, -0.25) is 4.31 Å². The van der Waals surface area contributed by atoms with Crippen LogP contribution in [0.2, 0.25) is 0 Å². The first-order valence-corrected chi connectivity index (χ1v) is 10.9. The van der Waals surface area contributed by atoms with E-state index in [0.29, 0.717) is 11.4 Å². The van der Waals surface area contributed by atoms with E-state index < -0.39 is 20.0 Å². The molecule has 0 saturated heterocycles. The summed E-state index contributed by atoms with van der Waals surface area (Å²) < 4.78 is 55.7. The van der Waals surface area contributed by atoms with E-state index in [1.54, 1.807) is 24.3 Å². The van der Waals surface area contributed by atoms with E-state index in [0.717, 1.165) is 5.56 Å². The Morgan fingerprint density at radius 1 is 0.889 bits per heavy atom. The average Bonchev–Trinajstić information content (AvgIpc) is 3.13. The van der Waals surface area contributed by atoms with Gasteiger partial charge in [0.1, 0.15) is 5.76 Å². The highest BCUT2D eigenvalue weighted by molar-refractivity contribution is 7.92. The van der Waals surface area contributed by atoms with E-state index >= 15 is 0 Å². The Morgan fingerprint density at radius 2 is 1.48 bits per heavy atom. The highest BCUT2D eigenvalue weighted by atomic mass is 32.2. The molecule has 0 fully saturated rings. The Bertz CT molecular complexity index is 1120. The van der Waals surface area contributed by atoms with Crippen LogP contribution in [0.1, 0.15) is 11.3 Å². The first-order valence-electron chi connectivity index (χ1n) is 7.92. The summed E-state index contributed by atoms with van der Waals surface area (Å²) >= 11 is 0. The molecule has 7 nitrogen and oxygen atoms in total. The second kappa shape index (κ2) is 7.18. The fraction of sp³-hybridized carbons (Fsp3) is 0.111. The number of nitrogens with two attached hydrogens (primary N) is 1. The van der Waals surface area contributed by atoms with Crippen LogP contribution in [0.4, 0.5) is 5.69 Å². The molecule has 1 heterocycles. The molecular weight excluding hydrogens is 388 g/mol. The fourth-order valence-electron chi connectivity index (χ4n) is 2.50. The van der Waals surface area contributed by atoms with Crippen LogP contribution in [0.25, 0.3) is 0 Å². The number of aryl methyl sites for hydroxylation is 1. The number of sulfonamides is 2. The molecule has 27 heavy (non-hydrogen) atoms. The van der Waals surface area contributed by atoms with Crippen molar-refractivity contribution in [3.05, 3.63) is 78.3 Å². The summed E-state index contributed by atoms with van der Waals surface area (Å²) in [5, 5.41) is 5.07. The summed E-state index contributed by atoms with van der Waals surface area (Å²) in [6.07, 6.45) is 1.47. The fourth-order valence-corrected chi connectivity index (χ4v) is 4.45. The van der Waals surface area contributed by atoms with E-state index in [2.05, 4.69) is 0 Å². The minimum absolute atomic E-state index is 0.00463. The maximum atomic E-state index is 13.2. The zero-order chi connectivity index (χ0) is 19.7. The largest absolute Gasteiger partial charge is 0.467 e. The van der Waals surface area contributed by atoms with Gasteiger partial charge in [-0.2, -0.15) is 0 Å². The second-order valence-corrected chi connectivity index (χ2v) is 9.37. The predicted octanol–water partition coefficient (Wildman–Crippen LogP) is 2.63. The van der Waals surface area contributed by atoms with Crippen LogP contribution < -0.4 is 9.44 Å². The zero-order valence-electron chi connectivity index (χ0n) is 14.4. The average molecular weight is 406 g/mol. The molecule has 0 atom stereocenters. The number of benzene rings is 2. The van der Waals surface area contributed by atoms with Gasteiger partial charge in [-0.1, -0.05) is 17.7 Å². The van der Waals surface area contributed by atoms with Crippen LogP contribution in [0, 0.1) is 6.92 Å². The number of rotatable bonds is 6. The van der Waals surface area contributed by atoms with Crippen LogP contribution in [-0.4, -0.2) is 16.8 Å². The summed E-state index contributed by atoms with van der Waals surface area (Å²) in [5.74, 6) is 0.473. The molecule has 0 spiro atoms. The molecule has 9 heteroatoms. The quantitative estimate of drug-likeness (QED) is 0.676. The molecule has 3 rings (SSSR count). The van der Waals surface area contributed by atoms with Crippen molar-refractivity contribution < 1.29 is 21.3 Å². The summed E-state index contributed by atoms with van der Waals surface area (Å²) in [6, 6.07) is 15.2. The third kappa shape index (κ3) is 4.21. The minimum atomic E-state index is -3.97. The Kier molecular flexibility index (Phi) is 5.09. The van der Waals surface area contributed by atoms with Gasteiger partial charge in [-0.15, -0.1) is 0 Å². The Balaban J connectivity index is 2.05. The maximum Gasteiger partial charge on any atom is 0.264 e. The van der Waals surface area contributed by atoms with Crippen LogP contribution >= 0.6 is 0 Å². The van der Waals surface area contributed by atoms with Gasteiger partial charge in [0.05, 0.1) is 28.3 Å². The van der Waals surface area contributed by atoms with Crippen LogP contribution in [0.15, 0.2) is 81.1 Å². The molecule has 0 aliphatic carbocycles. The first kappa shape index (κ1) is 19.2. The van der Waals surface area contributed by atoms with Crippen LogP contribution in [0.3, 0.4) is 0 Å². The third-order valence-corrected chi connectivity index (χ3v) is 6.66. The molecule has 3 aromatic rings. The summed E-state index contributed by atoms with van der Waals surface area (Å²) in [7, 11) is -7.87. The van der Waals surface area contributed by atoms with Gasteiger partial charge in [0, 0.05) is 0 Å². The van der Waals surface area contributed by atoms with Crippen LogP contribution in [0.5, 0.6) is 0 Å². The topological polar surface area (TPSA) is 111 Å². The third-order valence-electron chi connectivity index (χ3n) is 3.94. The van der Waals surface area contributed by atoms with Gasteiger partial charge in [-0.05, 0) is 55.5 Å². The Hall–Kier alpha value is -2.62. The monoisotopic (exact) mass is 406 g/mol. The van der Waals surface area contributed by atoms with Crippen molar-refractivity contribution in [1.82, 2.24) is 0 Å². The van der Waals surface area contributed by atoms with E-state index in [9.17, 15) is 16.8 Å². The van der Waals surface area contributed by atoms with Gasteiger partial charge in [-0.25, -0.2) is 22.0 Å². The number of nitrogens with zero attached hydrogens (tertiary/aromatic N) is 1. The standard InChI is InChI=1S/C18H18N2O5S2/c1-14-4-6-15(7-5-14)20(13-16-3-2-12-25-16)27(23,24)18-10-8-17(9-11-18)26(19,21)22/h2-12H,13H2,1H3,(H2,19,21,22). The van der Waals surface area contributed by atoms with Crippen molar-refractivity contribution in [3.8, 4) is 0 Å². The van der Waals surface area contributed by atoms with E-state index in [4.69, 9.17) is 9.56 Å². The first-order chi connectivity index (χ1) is 12.7. The molecule has 0 radical (unpaired) electrons. The van der Waals surface area contributed by atoms with Crippen LogP contribution in [-0.2, 0) is 26.6 Å². The maximum absolute atomic E-state index is 13.2. The lowest BCUT2D eigenvalue weighted by Gasteiger charge is -2.24. The van der Waals surface area contributed by atoms with E-state index in [1.165, 1.54) is 34.8 Å². The second-order valence-electron chi connectivity index (χ2n) is 5.94. The predicted molar refractivity (Wildman–Crippen MR) is 101 cm³/mol. The molecule has 0 saturated carbocycles. The molecule has 142 valence electrons. The molecular formula is C18H18N2O5S2. The van der Waals surface area contributed by atoms with Gasteiger partial charge >= 0.3 is 0 Å². The normalized spacial score (nSPS) is 12.1. The highest BCUT2D eigenvalue weighted by Crippen LogP contribution is 2.27. The van der Waals surface area contributed by atoms with Gasteiger partial charge < -0.3 is 4.42 Å². The Morgan fingerprint density at radius 3 is 2.00 bits per heavy atom. The lowest BCUT2D eigenvalue weighted by atomic mass is 10.2.